The van der Waals surface area contributed by atoms with Gasteiger partial charge in [0, 0.05) is 0 Å². The maximum atomic E-state index is 5.90. The van der Waals surface area contributed by atoms with E-state index in [1.165, 1.54) is 38.5 Å². The van der Waals surface area contributed by atoms with Gasteiger partial charge in [0.1, 0.15) is 0 Å². The number of nitrogens with two attached hydrogens (primary N) is 1. The lowest BCUT2D eigenvalue weighted by molar-refractivity contribution is 0.154. The molecule has 0 aromatic heterocycles. The van der Waals surface area contributed by atoms with E-state index in [2.05, 4.69) is 20.8 Å². The predicted octanol–water partition coefficient (Wildman–Crippen LogP) is 3.82. The van der Waals surface area contributed by atoms with Crippen molar-refractivity contribution >= 4 is 0 Å². The van der Waals surface area contributed by atoms with Crippen molar-refractivity contribution in [1.29, 1.82) is 0 Å². The molecule has 1 rings (SSSR count). The van der Waals surface area contributed by atoms with Crippen LogP contribution in [0, 0.1) is 23.7 Å². The smallest absolute Gasteiger partial charge is 0.00462 e. The fraction of sp³-hybridized carbons (Fsp3) is 1.00. The van der Waals surface area contributed by atoms with Crippen molar-refractivity contribution in [3.63, 3.8) is 0 Å². The standard InChI is InChI=1S/C14H29N/c1-4-11(3)8-14-9-12(5-2)6-7-13(14)10-15/h11-14H,4-10,15H2,1-3H3. The molecule has 0 spiro atoms. The Balaban J connectivity index is 2.47. The lowest BCUT2D eigenvalue weighted by Crippen LogP contribution is -2.31. The van der Waals surface area contributed by atoms with Crippen LogP contribution in [0.1, 0.15) is 59.3 Å². The molecule has 2 N–H and O–H groups in total. The summed E-state index contributed by atoms with van der Waals surface area (Å²) in [6.45, 7) is 7.96. The van der Waals surface area contributed by atoms with E-state index in [0.717, 1.165) is 30.2 Å². The minimum Gasteiger partial charge on any atom is -0.330 e. The zero-order chi connectivity index (χ0) is 11.3. The van der Waals surface area contributed by atoms with Crippen molar-refractivity contribution in [3.8, 4) is 0 Å². The normalized spacial score (nSPS) is 34.0. The molecule has 0 aromatic carbocycles. The summed E-state index contributed by atoms with van der Waals surface area (Å²) in [5.74, 6) is 3.62. The molecule has 0 aliphatic heterocycles. The molecule has 1 aliphatic rings. The van der Waals surface area contributed by atoms with Gasteiger partial charge in [-0.3, -0.25) is 0 Å². The molecule has 1 aliphatic carbocycles. The van der Waals surface area contributed by atoms with Gasteiger partial charge in [-0.2, -0.15) is 0 Å². The largest absolute Gasteiger partial charge is 0.330 e. The van der Waals surface area contributed by atoms with Crippen molar-refractivity contribution in [2.75, 3.05) is 6.54 Å². The molecule has 1 nitrogen and oxygen atoms in total. The van der Waals surface area contributed by atoms with E-state index in [4.69, 9.17) is 5.73 Å². The monoisotopic (exact) mass is 211 g/mol. The summed E-state index contributed by atoms with van der Waals surface area (Å²) in [4.78, 5) is 0. The van der Waals surface area contributed by atoms with Crippen LogP contribution in [-0.4, -0.2) is 6.54 Å². The van der Waals surface area contributed by atoms with Crippen LogP contribution in [0.15, 0.2) is 0 Å². The average Bonchev–Trinajstić information content (AvgIpc) is 2.28. The highest BCUT2D eigenvalue weighted by Crippen LogP contribution is 2.38. The van der Waals surface area contributed by atoms with Crippen LogP contribution in [-0.2, 0) is 0 Å². The van der Waals surface area contributed by atoms with Crippen LogP contribution < -0.4 is 5.73 Å². The Hall–Kier alpha value is -0.0400. The minimum absolute atomic E-state index is 0.821. The minimum atomic E-state index is 0.821. The highest BCUT2D eigenvalue weighted by molar-refractivity contribution is 4.81. The Morgan fingerprint density at radius 1 is 1.20 bits per heavy atom. The van der Waals surface area contributed by atoms with E-state index in [9.17, 15) is 0 Å². The Morgan fingerprint density at radius 2 is 1.93 bits per heavy atom. The molecule has 0 bridgehead atoms. The number of rotatable bonds is 5. The van der Waals surface area contributed by atoms with Crippen molar-refractivity contribution < 1.29 is 0 Å². The van der Waals surface area contributed by atoms with Gasteiger partial charge in [0.05, 0.1) is 0 Å². The summed E-state index contributed by atoms with van der Waals surface area (Å²) in [6, 6.07) is 0. The molecule has 0 aromatic rings. The van der Waals surface area contributed by atoms with Crippen LogP contribution in [0.3, 0.4) is 0 Å². The first-order valence-electron chi connectivity index (χ1n) is 6.91. The molecule has 1 saturated carbocycles. The Kier molecular flexibility index (Phi) is 5.66. The summed E-state index contributed by atoms with van der Waals surface area (Å²) in [5.41, 5.74) is 5.90. The molecule has 0 saturated heterocycles. The van der Waals surface area contributed by atoms with Crippen molar-refractivity contribution in [1.82, 2.24) is 0 Å². The molecule has 15 heavy (non-hydrogen) atoms. The first kappa shape index (κ1) is 13.0. The van der Waals surface area contributed by atoms with E-state index in [1.807, 2.05) is 0 Å². The zero-order valence-electron chi connectivity index (χ0n) is 10.8. The molecular weight excluding hydrogens is 182 g/mol. The van der Waals surface area contributed by atoms with Gasteiger partial charge in [-0.1, -0.05) is 40.0 Å². The van der Waals surface area contributed by atoms with Gasteiger partial charge >= 0.3 is 0 Å². The molecular formula is C14H29N. The first-order chi connectivity index (χ1) is 7.21. The molecule has 0 radical (unpaired) electrons. The van der Waals surface area contributed by atoms with Crippen LogP contribution in [0.5, 0.6) is 0 Å². The average molecular weight is 211 g/mol. The zero-order valence-corrected chi connectivity index (χ0v) is 10.8. The van der Waals surface area contributed by atoms with Crippen LogP contribution in [0.25, 0.3) is 0 Å². The second kappa shape index (κ2) is 6.52. The summed E-state index contributed by atoms with van der Waals surface area (Å²) >= 11 is 0. The van der Waals surface area contributed by atoms with E-state index >= 15 is 0 Å². The Bertz CT molecular complexity index is 165. The van der Waals surface area contributed by atoms with Gasteiger partial charge in [0.25, 0.3) is 0 Å². The molecule has 0 heterocycles. The van der Waals surface area contributed by atoms with E-state index in [0.29, 0.717) is 0 Å². The lowest BCUT2D eigenvalue weighted by Gasteiger charge is -2.36. The van der Waals surface area contributed by atoms with Gasteiger partial charge in [0.2, 0.25) is 0 Å². The number of hydrogen-bond acceptors (Lipinski definition) is 1. The fourth-order valence-electron chi connectivity index (χ4n) is 3.08. The fourth-order valence-corrected chi connectivity index (χ4v) is 3.08. The highest BCUT2D eigenvalue weighted by atomic mass is 14.6. The molecule has 0 amide bonds. The molecule has 1 heteroatoms. The second-order valence-corrected chi connectivity index (χ2v) is 5.59. The lowest BCUT2D eigenvalue weighted by atomic mass is 9.70. The molecule has 1 fully saturated rings. The Morgan fingerprint density at radius 3 is 2.47 bits per heavy atom. The van der Waals surface area contributed by atoms with Crippen molar-refractivity contribution in [2.45, 2.75) is 59.3 Å². The first-order valence-corrected chi connectivity index (χ1v) is 6.91. The van der Waals surface area contributed by atoms with Gasteiger partial charge in [-0.05, 0) is 49.5 Å². The molecule has 90 valence electrons. The summed E-state index contributed by atoms with van der Waals surface area (Å²) < 4.78 is 0. The van der Waals surface area contributed by atoms with Crippen molar-refractivity contribution in [2.24, 2.45) is 29.4 Å². The predicted molar refractivity (Wildman–Crippen MR) is 67.7 cm³/mol. The SMILES string of the molecule is CCC(C)CC1CC(CC)CCC1CN. The quantitative estimate of drug-likeness (QED) is 0.735. The second-order valence-electron chi connectivity index (χ2n) is 5.59. The molecule has 4 atom stereocenters. The maximum absolute atomic E-state index is 5.90. The summed E-state index contributed by atoms with van der Waals surface area (Å²) in [5, 5.41) is 0. The Labute approximate surface area is 95.8 Å². The van der Waals surface area contributed by atoms with Crippen LogP contribution in [0.2, 0.25) is 0 Å². The maximum Gasteiger partial charge on any atom is -0.00462 e. The van der Waals surface area contributed by atoms with E-state index < -0.39 is 0 Å². The van der Waals surface area contributed by atoms with Gasteiger partial charge in [-0.25, -0.2) is 0 Å². The topological polar surface area (TPSA) is 26.0 Å². The number of hydrogen-bond donors (Lipinski definition) is 1. The summed E-state index contributed by atoms with van der Waals surface area (Å²) in [7, 11) is 0. The third-order valence-corrected chi connectivity index (χ3v) is 4.53. The van der Waals surface area contributed by atoms with Gasteiger partial charge < -0.3 is 5.73 Å². The third kappa shape index (κ3) is 3.79. The van der Waals surface area contributed by atoms with Crippen LogP contribution in [0.4, 0.5) is 0 Å². The summed E-state index contributed by atoms with van der Waals surface area (Å²) in [6.07, 6.45) is 8.36. The van der Waals surface area contributed by atoms with Gasteiger partial charge in [0.15, 0.2) is 0 Å². The highest BCUT2D eigenvalue weighted by Gasteiger charge is 2.29. The van der Waals surface area contributed by atoms with Crippen LogP contribution >= 0.6 is 0 Å². The third-order valence-electron chi connectivity index (χ3n) is 4.53. The van der Waals surface area contributed by atoms with E-state index in [1.54, 1.807) is 0 Å². The van der Waals surface area contributed by atoms with Gasteiger partial charge in [-0.15, -0.1) is 0 Å². The van der Waals surface area contributed by atoms with Crippen molar-refractivity contribution in [3.05, 3.63) is 0 Å². The molecule has 4 unspecified atom stereocenters. The van der Waals surface area contributed by atoms with E-state index in [-0.39, 0.29) is 0 Å².